The minimum Gasteiger partial charge on any atom is -0.366 e. The number of halogens is 1. The first-order chi connectivity index (χ1) is 9.02. The van der Waals surface area contributed by atoms with Crippen molar-refractivity contribution in [1.29, 1.82) is 0 Å². The fraction of sp³-hybridized carbons (Fsp3) is 0.733. The van der Waals surface area contributed by atoms with Crippen molar-refractivity contribution < 1.29 is 0 Å². The van der Waals surface area contributed by atoms with E-state index in [1.165, 1.54) is 12.8 Å². The van der Waals surface area contributed by atoms with Crippen LogP contribution in [0.1, 0.15) is 58.0 Å². The molecule has 19 heavy (non-hydrogen) atoms. The van der Waals surface area contributed by atoms with E-state index in [0.717, 1.165) is 23.8 Å². The first kappa shape index (κ1) is 14.6. The number of anilines is 1. The van der Waals surface area contributed by atoms with E-state index in [1.54, 1.807) is 0 Å². The van der Waals surface area contributed by atoms with Crippen LogP contribution in [0.15, 0.2) is 6.20 Å². The maximum atomic E-state index is 6.10. The van der Waals surface area contributed by atoms with Crippen LogP contribution in [-0.4, -0.2) is 22.6 Å². The standard InChI is InChI=1S/C15H24ClN3/c1-10(2)9-19(12-5-6-12)14-8-17-15(11(3)4)18-13(14)7-16/h8,10-12H,5-7,9H2,1-4H3. The molecule has 1 aromatic heterocycles. The van der Waals surface area contributed by atoms with Crippen LogP contribution >= 0.6 is 11.6 Å². The van der Waals surface area contributed by atoms with Gasteiger partial charge in [-0.2, -0.15) is 0 Å². The molecule has 0 unspecified atom stereocenters. The molecule has 1 aliphatic carbocycles. The monoisotopic (exact) mass is 281 g/mol. The van der Waals surface area contributed by atoms with Crippen molar-refractivity contribution in [2.75, 3.05) is 11.4 Å². The van der Waals surface area contributed by atoms with Crippen molar-refractivity contribution >= 4 is 17.3 Å². The lowest BCUT2D eigenvalue weighted by Gasteiger charge is -2.28. The fourth-order valence-electron chi connectivity index (χ4n) is 2.27. The van der Waals surface area contributed by atoms with E-state index < -0.39 is 0 Å². The van der Waals surface area contributed by atoms with Crippen LogP contribution < -0.4 is 4.90 Å². The molecule has 106 valence electrons. The predicted molar refractivity (Wildman–Crippen MR) is 80.9 cm³/mol. The normalized spacial score (nSPS) is 15.3. The zero-order chi connectivity index (χ0) is 14.0. The van der Waals surface area contributed by atoms with Gasteiger partial charge in [0.25, 0.3) is 0 Å². The molecule has 1 saturated carbocycles. The van der Waals surface area contributed by atoms with E-state index in [2.05, 4.69) is 42.6 Å². The Labute approximate surface area is 121 Å². The number of rotatable bonds is 6. The van der Waals surface area contributed by atoms with Gasteiger partial charge in [-0.25, -0.2) is 9.97 Å². The Morgan fingerprint density at radius 1 is 1.32 bits per heavy atom. The summed E-state index contributed by atoms with van der Waals surface area (Å²) in [6.07, 6.45) is 4.53. The Balaban J connectivity index is 2.30. The molecular formula is C15H24ClN3. The van der Waals surface area contributed by atoms with Crippen molar-refractivity contribution in [2.24, 2.45) is 5.92 Å². The molecule has 1 aliphatic rings. The molecule has 0 N–H and O–H groups in total. The van der Waals surface area contributed by atoms with Crippen LogP contribution in [0.5, 0.6) is 0 Å². The van der Waals surface area contributed by atoms with Crippen molar-refractivity contribution in [3.8, 4) is 0 Å². The molecule has 0 saturated heterocycles. The van der Waals surface area contributed by atoms with Crippen LogP contribution in [0.4, 0.5) is 5.69 Å². The van der Waals surface area contributed by atoms with Crippen molar-refractivity contribution in [3.63, 3.8) is 0 Å². The van der Waals surface area contributed by atoms with Crippen molar-refractivity contribution in [1.82, 2.24) is 9.97 Å². The van der Waals surface area contributed by atoms with Gasteiger partial charge in [-0.15, -0.1) is 11.6 Å². The van der Waals surface area contributed by atoms with Gasteiger partial charge >= 0.3 is 0 Å². The zero-order valence-electron chi connectivity index (χ0n) is 12.4. The molecule has 3 nitrogen and oxygen atoms in total. The smallest absolute Gasteiger partial charge is 0.131 e. The Morgan fingerprint density at radius 3 is 2.47 bits per heavy atom. The average molecular weight is 282 g/mol. The van der Waals surface area contributed by atoms with E-state index in [1.807, 2.05) is 6.20 Å². The van der Waals surface area contributed by atoms with Gasteiger partial charge in [0.05, 0.1) is 23.5 Å². The van der Waals surface area contributed by atoms with E-state index in [9.17, 15) is 0 Å². The summed E-state index contributed by atoms with van der Waals surface area (Å²) in [5, 5.41) is 0. The second-order valence-electron chi connectivity index (χ2n) is 6.13. The van der Waals surface area contributed by atoms with Crippen LogP contribution in [0, 0.1) is 5.92 Å². The predicted octanol–water partition coefficient (Wildman–Crippen LogP) is 3.96. The third-order valence-electron chi connectivity index (χ3n) is 3.37. The van der Waals surface area contributed by atoms with Crippen LogP contribution in [0.2, 0.25) is 0 Å². The maximum Gasteiger partial charge on any atom is 0.131 e. The molecule has 1 aromatic rings. The molecule has 0 radical (unpaired) electrons. The third kappa shape index (κ3) is 3.59. The summed E-state index contributed by atoms with van der Waals surface area (Å²) in [6.45, 7) is 9.77. The molecule has 0 atom stereocenters. The molecule has 0 bridgehead atoms. The zero-order valence-corrected chi connectivity index (χ0v) is 13.1. The average Bonchev–Trinajstić information content (AvgIpc) is 3.19. The van der Waals surface area contributed by atoms with Gasteiger partial charge in [-0.05, 0) is 18.8 Å². The first-order valence-corrected chi connectivity index (χ1v) is 7.74. The minimum absolute atomic E-state index is 0.343. The summed E-state index contributed by atoms with van der Waals surface area (Å²) in [7, 11) is 0. The van der Waals surface area contributed by atoms with Gasteiger partial charge in [0.1, 0.15) is 5.82 Å². The van der Waals surface area contributed by atoms with Crippen LogP contribution in [-0.2, 0) is 5.88 Å². The Morgan fingerprint density at radius 2 is 2.00 bits per heavy atom. The van der Waals surface area contributed by atoms with Gasteiger partial charge < -0.3 is 4.90 Å². The highest BCUT2D eigenvalue weighted by atomic mass is 35.5. The molecule has 0 spiro atoms. The number of hydrogen-bond acceptors (Lipinski definition) is 3. The molecular weight excluding hydrogens is 258 g/mol. The molecule has 0 aromatic carbocycles. The molecule has 1 fully saturated rings. The SMILES string of the molecule is CC(C)CN(c1cnc(C(C)C)nc1CCl)C1CC1. The Kier molecular flexibility index (Phi) is 4.67. The van der Waals surface area contributed by atoms with Gasteiger partial charge in [0, 0.05) is 18.5 Å². The summed E-state index contributed by atoms with van der Waals surface area (Å²) in [5.41, 5.74) is 2.11. The third-order valence-corrected chi connectivity index (χ3v) is 3.62. The fourth-order valence-corrected chi connectivity index (χ4v) is 2.46. The van der Waals surface area contributed by atoms with Crippen molar-refractivity contribution in [2.45, 2.75) is 58.4 Å². The summed E-state index contributed by atoms with van der Waals surface area (Å²) in [4.78, 5) is 11.6. The van der Waals surface area contributed by atoms with Gasteiger partial charge in [0.2, 0.25) is 0 Å². The molecule has 0 amide bonds. The number of alkyl halides is 1. The molecule has 0 aliphatic heterocycles. The number of hydrogen-bond donors (Lipinski definition) is 0. The lowest BCUT2D eigenvalue weighted by Crippen LogP contribution is -2.31. The molecule has 1 heterocycles. The second kappa shape index (κ2) is 6.08. The number of nitrogens with zero attached hydrogens (tertiary/aromatic N) is 3. The van der Waals surface area contributed by atoms with Crippen LogP contribution in [0.25, 0.3) is 0 Å². The largest absolute Gasteiger partial charge is 0.366 e. The van der Waals surface area contributed by atoms with Gasteiger partial charge in [0.15, 0.2) is 0 Å². The van der Waals surface area contributed by atoms with Crippen molar-refractivity contribution in [3.05, 3.63) is 17.7 Å². The van der Waals surface area contributed by atoms with E-state index >= 15 is 0 Å². The van der Waals surface area contributed by atoms with Gasteiger partial charge in [-0.3, -0.25) is 0 Å². The lowest BCUT2D eigenvalue weighted by molar-refractivity contribution is 0.603. The summed E-state index contributed by atoms with van der Waals surface area (Å²) < 4.78 is 0. The second-order valence-corrected chi connectivity index (χ2v) is 6.39. The highest BCUT2D eigenvalue weighted by Crippen LogP contribution is 2.34. The topological polar surface area (TPSA) is 29.0 Å². The summed E-state index contributed by atoms with van der Waals surface area (Å²) in [5.74, 6) is 2.32. The van der Waals surface area contributed by atoms with E-state index in [-0.39, 0.29) is 0 Å². The minimum atomic E-state index is 0.343. The highest BCUT2D eigenvalue weighted by molar-refractivity contribution is 6.17. The molecule has 4 heteroatoms. The Bertz CT molecular complexity index is 427. The molecule has 2 rings (SSSR count). The first-order valence-electron chi connectivity index (χ1n) is 7.21. The highest BCUT2D eigenvalue weighted by Gasteiger charge is 2.31. The Hall–Kier alpha value is -0.830. The lowest BCUT2D eigenvalue weighted by atomic mass is 10.1. The number of aromatic nitrogens is 2. The van der Waals surface area contributed by atoms with Crippen LogP contribution in [0.3, 0.4) is 0 Å². The van der Waals surface area contributed by atoms with Gasteiger partial charge in [-0.1, -0.05) is 27.7 Å². The summed E-state index contributed by atoms with van der Waals surface area (Å²) >= 11 is 6.10. The summed E-state index contributed by atoms with van der Waals surface area (Å²) in [6, 6.07) is 0.665. The maximum absolute atomic E-state index is 6.10. The quantitative estimate of drug-likeness (QED) is 0.739. The van der Waals surface area contributed by atoms with E-state index in [4.69, 9.17) is 11.6 Å². The van der Waals surface area contributed by atoms with E-state index in [0.29, 0.717) is 23.8 Å².